The van der Waals surface area contributed by atoms with Gasteiger partial charge in [-0.2, -0.15) is 0 Å². The molecule has 0 saturated carbocycles. The van der Waals surface area contributed by atoms with Crippen molar-refractivity contribution in [2.75, 3.05) is 47.0 Å². The Labute approximate surface area is 172 Å². The van der Waals surface area contributed by atoms with E-state index in [9.17, 15) is 8.42 Å². The van der Waals surface area contributed by atoms with Crippen molar-refractivity contribution < 1.29 is 22.6 Å². The van der Waals surface area contributed by atoms with E-state index >= 15 is 0 Å². The molecule has 158 valence electrons. The highest BCUT2D eigenvalue weighted by molar-refractivity contribution is 7.89. The van der Waals surface area contributed by atoms with Gasteiger partial charge in [-0.25, -0.2) is 13.1 Å². The Morgan fingerprint density at radius 2 is 1.86 bits per heavy atom. The lowest BCUT2D eigenvalue weighted by Crippen LogP contribution is -2.39. The van der Waals surface area contributed by atoms with E-state index in [-0.39, 0.29) is 11.0 Å². The van der Waals surface area contributed by atoms with Gasteiger partial charge in [-0.3, -0.25) is 4.90 Å². The molecule has 29 heavy (non-hydrogen) atoms. The van der Waals surface area contributed by atoms with Gasteiger partial charge in [0.1, 0.15) is 0 Å². The minimum atomic E-state index is -3.60. The van der Waals surface area contributed by atoms with Gasteiger partial charge >= 0.3 is 0 Å². The average molecular weight is 421 g/mol. The Morgan fingerprint density at radius 1 is 1.10 bits per heavy atom. The van der Waals surface area contributed by atoms with Crippen LogP contribution in [0, 0.1) is 0 Å². The summed E-state index contributed by atoms with van der Waals surface area (Å²) in [4.78, 5) is 2.47. The molecule has 0 amide bonds. The topological polar surface area (TPSA) is 77.1 Å². The quantitative estimate of drug-likeness (QED) is 0.628. The van der Waals surface area contributed by atoms with Crippen LogP contribution in [-0.4, -0.2) is 60.3 Å². The third-order valence-corrected chi connectivity index (χ3v) is 6.39. The second-order valence-corrected chi connectivity index (χ2v) is 8.61. The van der Waals surface area contributed by atoms with Crippen LogP contribution in [0.15, 0.2) is 53.4 Å². The van der Waals surface area contributed by atoms with Gasteiger partial charge in [0.2, 0.25) is 10.0 Å². The first-order chi connectivity index (χ1) is 14.0. The highest BCUT2D eigenvalue weighted by Gasteiger charge is 2.22. The molecular formula is C21H28N2O5S. The fourth-order valence-electron chi connectivity index (χ4n) is 3.35. The molecular weight excluding hydrogens is 392 g/mol. The summed E-state index contributed by atoms with van der Waals surface area (Å²) in [5.41, 5.74) is 1.17. The van der Waals surface area contributed by atoms with Crippen LogP contribution in [0.3, 0.4) is 0 Å². The monoisotopic (exact) mass is 420 g/mol. The first kappa shape index (κ1) is 21.6. The first-order valence-corrected chi connectivity index (χ1v) is 11.1. The fourth-order valence-corrected chi connectivity index (χ4v) is 4.44. The van der Waals surface area contributed by atoms with E-state index in [1.807, 2.05) is 18.2 Å². The summed E-state index contributed by atoms with van der Waals surface area (Å²) in [5.74, 6) is 0.877. The van der Waals surface area contributed by atoms with Crippen molar-refractivity contribution in [2.24, 2.45) is 0 Å². The van der Waals surface area contributed by atoms with Crippen molar-refractivity contribution in [3.05, 3.63) is 54.1 Å². The van der Waals surface area contributed by atoms with Crippen molar-refractivity contribution in [1.82, 2.24) is 9.62 Å². The van der Waals surface area contributed by atoms with Gasteiger partial charge < -0.3 is 14.2 Å². The minimum absolute atomic E-state index is 0.0633. The summed E-state index contributed by atoms with van der Waals surface area (Å²) in [6.45, 7) is 3.51. The Hall–Kier alpha value is -2.13. The van der Waals surface area contributed by atoms with Gasteiger partial charge in [0.15, 0.2) is 11.5 Å². The van der Waals surface area contributed by atoms with E-state index in [1.165, 1.54) is 31.9 Å². The van der Waals surface area contributed by atoms with Crippen molar-refractivity contribution >= 4 is 10.0 Å². The van der Waals surface area contributed by atoms with Crippen LogP contribution < -0.4 is 14.2 Å². The molecule has 1 heterocycles. The number of hydrogen-bond donors (Lipinski definition) is 1. The van der Waals surface area contributed by atoms with Crippen molar-refractivity contribution in [3.8, 4) is 11.5 Å². The number of methoxy groups -OCH3 is 2. The van der Waals surface area contributed by atoms with Gasteiger partial charge in [0.05, 0.1) is 31.8 Å². The van der Waals surface area contributed by atoms with Crippen molar-refractivity contribution in [3.63, 3.8) is 0 Å². The number of hydrogen-bond acceptors (Lipinski definition) is 6. The summed E-state index contributed by atoms with van der Waals surface area (Å²) in [6.07, 6.45) is 0.780. The molecule has 1 atom stereocenters. The lowest BCUT2D eigenvalue weighted by molar-refractivity contribution is -0.0300. The number of ether oxygens (including phenoxy) is 3. The Balaban J connectivity index is 1.49. The Bertz CT molecular complexity index is 889. The summed E-state index contributed by atoms with van der Waals surface area (Å²) in [6, 6.07) is 14.7. The van der Waals surface area contributed by atoms with Crippen molar-refractivity contribution in [2.45, 2.75) is 17.4 Å². The smallest absolute Gasteiger partial charge is 0.240 e. The van der Waals surface area contributed by atoms with E-state index in [0.29, 0.717) is 31.1 Å². The molecule has 0 bridgehead atoms. The molecule has 1 saturated heterocycles. The summed E-state index contributed by atoms with van der Waals surface area (Å²) in [7, 11) is -0.612. The second kappa shape index (κ2) is 10.1. The predicted molar refractivity (Wildman–Crippen MR) is 111 cm³/mol. The minimum Gasteiger partial charge on any atom is -0.493 e. The summed E-state index contributed by atoms with van der Waals surface area (Å²) < 4.78 is 44.0. The zero-order chi connectivity index (χ0) is 20.7. The maximum Gasteiger partial charge on any atom is 0.240 e. The van der Waals surface area contributed by atoms with Crippen molar-refractivity contribution in [1.29, 1.82) is 0 Å². The normalized spacial score (nSPS) is 17.8. The maximum atomic E-state index is 12.5. The van der Waals surface area contributed by atoms with Crippen LogP contribution >= 0.6 is 0 Å². The summed E-state index contributed by atoms with van der Waals surface area (Å²) in [5, 5.41) is 0. The predicted octanol–water partition coefficient (Wildman–Crippen LogP) is 2.45. The van der Waals surface area contributed by atoms with Gasteiger partial charge in [0, 0.05) is 25.7 Å². The van der Waals surface area contributed by atoms with Crippen LogP contribution in [0.4, 0.5) is 0 Å². The van der Waals surface area contributed by atoms with E-state index in [1.54, 1.807) is 6.07 Å². The van der Waals surface area contributed by atoms with Crippen LogP contribution in [0.2, 0.25) is 0 Å². The maximum absolute atomic E-state index is 12.5. The molecule has 0 spiro atoms. The number of nitrogens with zero attached hydrogens (tertiary/aromatic N) is 1. The van der Waals surface area contributed by atoms with E-state index in [0.717, 1.165) is 19.6 Å². The van der Waals surface area contributed by atoms with Crippen LogP contribution in [0.5, 0.6) is 11.5 Å². The number of rotatable bonds is 9. The van der Waals surface area contributed by atoms with Gasteiger partial charge in [-0.1, -0.05) is 30.3 Å². The molecule has 2 aromatic rings. The lowest BCUT2D eigenvalue weighted by atomic mass is 10.1. The Morgan fingerprint density at radius 3 is 2.59 bits per heavy atom. The molecule has 7 nitrogen and oxygen atoms in total. The van der Waals surface area contributed by atoms with Crippen LogP contribution in [0.1, 0.15) is 18.1 Å². The lowest BCUT2D eigenvalue weighted by Gasteiger charge is -2.33. The zero-order valence-electron chi connectivity index (χ0n) is 16.8. The molecule has 1 aliphatic rings. The number of benzene rings is 2. The third-order valence-electron chi connectivity index (χ3n) is 4.93. The number of nitrogens with one attached hydrogen (secondary N) is 1. The standard InChI is InChI=1S/C21H28N2O5S/c1-26-19-10-9-18(15-20(19)27-2)29(24,25)22-11-6-12-23-13-14-28-21(16-23)17-7-4-3-5-8-17/h3-5,7-10,15,21-22H,6,11-14,16H2,1-2H3/t21-/m0/s1. The van der Waals surface area contributed by atoms with Crippen LogP contribution in [0.25, 0.3) is 0 Å². The number of morpholine rings is 1. The second-order valence-electron chi connectivity index (χ2n) is 6.84. The molecule has 0 aliphatic carbocycles. The van der Waals surface area contributed by atoms with E-state index in [4.69, 9.17) is 14.2 Å². The molecule has 1 aliphatic heterocycles. The van der Waals surface area contributed by atoms with E-state index in [2.05, 4.69) is 21.8 Å². The van der Waals surface area contributed by atoms with E-state index < -0.39 is 10.0 Å². The molecule has 8 heteroatoms. The van der Waals surface area contributed by atoms with Gasteiger partial charge in [-0.15, -0.1) is 0 Å². The average Bonchev–Trinajstić information content (AvgIpc) is 2.77. The van der Waals surface area contributed by atoms with Gasteiger partial charge in [0.25, 0.3) is 0 Å². The molecule has 1 fully saturated rings. The molecule has 0 unspecified atom stereocenters. The number of sulfonamides is 1. The molecule has 1 N–H and O–H groups in total. The highest BCUT2D eigenvalue weighted by Crippen LogP contribution is 2.29. The SMILES string of the molecule is COc1ccc(S(=O)(=O)NCCCN2CCO[C@H](c3ccccc3)C2)cc1OC. The zero-order valence-corrected chi connectivity index (χ0v) is 17.7. The van der Waals surface area contributed by atoms with Gasteiger partial charge in [-0.05, 0) is 30.7 Å². The molecule has 3 rings (SSSR count). The highest BCUT2D eigenvalue weighted by atomic mass is 32.2. The largest absolute Gasteiger partial charge is 0.493 e. The molecule has 0 aromatic heterocycles. The Kier molecular flexibility index (Phi) is 7.49. The molecule has 0 radical (unpaired) electrons. The third kappa shape index (κ3) is 5.70. The fraction of sp³-hybridized carbons (Fsp3) is 0.429. The van der Waals surface area contributed by atoms with Crippen LogP contribution in [-0.2, 0) is 14.8 Å². The first-order valence-electron chi connectivity index (χ1n) is 9.64. The molecule has 2 aromatic carbocycles. The summed E-state index contributed by atoms with van der Waals surface area (Å²) >= 11 is 0.